The zero-order valence-electron chi connectivity index (χ0n) is 7.83. The maximum absolute atomic E-state index is 5.46. The van der Waals surface area contributed by atoms with Gasteiger partial charge in [-0.3, -0.25) is 0 Å². The van der Waals surface area contributed by atoms with Crippen LogP contribution in [0.5, 0.6) is 0 Å². The Morgan fingerprint density at radius 2 is 2.23 bits per heavy atom. The summed E-state index contributed by atoms with van der Waals surface area (Å²) in [4.78, 5) is 0. The minimum atomic E-state index is -0.0366. The van der Waals surface area contributed by atoms with Crippen molar-refractivity contribution in [2.45, 2.75) is 38.4 Å². The molecule has 0 aliphatic carbocycles. The van der Waals surface area contributed by atoms with E-state index in [4.69, 9.17) is 14.2 Å². The molecule has 2 saturated heterocycles. The average molecular weight is 184 g/mol. The highest BCUT2D eigenvalue weighted by atomic mass is 16.7. The average Bonchev–Trinajstić information content (AvgIpc) is 2.69. The monoisotopic (exact) mass is 184 g/mol. The van der Waals surface area contributed by atoms with Gasteiger partial charge in [0.1, 0.15) is 12.0 Å². The second-order valence-corrected chi connectivity index (χ2v) is 3.47. The van der Waals surface area contributed by atoms with Crippen molar-refractivity contribution in [3.8, 4) is 0 Å². The van der Waals surface area contributed by atoms with E-state index >= 15 is 0 Å². The summed E-state index contributed by atoms with van der Waals surface area (Å²) in [6, 6.07) is 0. The topological polar surface area (TPSA) is 27.7 Å². The summed E-state index contributed by atoms with van der Waals surface area (Å²) in [6.07, 6.45) is 7.17. The molecule has 0 saturated carbocycles. The van der Waals surface area contributed by atoms with Gasteiger partial charge in [-0.05, 0) is 19.3 Å². The van der Waals surface area contributed by atoms with Crippen molar-refractivity contribution in [3.63, 3.8) is 0 Å². The summed E-state index contributed by atoms with van der Waals surface area (Å²) in [6.45, 7) is 1.66. The summed E-state index contributed by atoms with van der Waals surface area (Å²) >= 11 is 0. The normalized spacial score (nSPS) is 31.7. The van der Waals surface area contributed by atoms with Gasteiger partial charge < -0.3 is 14.2 Å². The van der Waals surface area contributed by atoms with Gasteiger partial charge in [0.05, 0.1) is 13.2 Å². The Bertz CT molecular complexity index is 175. The lowest BCUT2D eigenvalue weighted by Crippen LogP contribution is -2.20. The molecular formula is C10H16O3. The Morgan fingerprint density at radius 1 is 1.23 bits per heavy atom. The fraction of sp³-hybridized carbons (Fsp3) is 0.800. The van der Waals surface area contributed by atoms with E-state index in [2.05, 4.69) is 0 Å². The quantitative estimate of drug-likeness (QED) is 0.616. The lowest BCUT2D eigenvalue weighted by atomic mass is 10.2. The predicted molar refractivity (Wildman–Crippen MR) is 47.9 cm³/mol. The first kappa shape index (κ1) is 8.88. The summed E-state index contributed by atoms with van der Waals surface area (Å²) in [5.74, 6) is 0.967. The third-order valence-electron chi connectivity index (χ3n) is 2.34. The van der Waals surface area contributed by atoms with E-state index in [-0.39, 0.29) is 6.29 Å². The zero-order chi connectivity index (χ0) is 8.93. The van der Waals surface area contributed by atoms with Gasteiger partial charge in [0.25, 0.3) is 0 Å². The molecule has 0 aromatic heterocycles. The SMILES string of the molecule is C(OC1CCCCO1)=C1CCCO1. The van der Waals surface area contributed by atoms with E-state index in [0.717, 1.165) is 44.7 Å². The van der Waals surface area contributed by atoms with Crippen molar-refractivity contribution >= 4 is 0 Å². The fourth-order valence-corrected chi connectivity index (χ4v) is 1.59. The van der Waals surface area contributed by atoms with Crippen LogP contribution in [-0.2, 0) is 14.2 Å². The lowest BCUT2D eigenvalue weighted by molar-refractivity contribution is -0.131. The van der Waals surface area contributed by atoms with Crippen LogP contribution in [0.25, 0.3) is 0 Å². The van der Waals surface area contributed by atoms with Crippen LogP contribution in [-0.4, -0.2) is 19.5 Å². The maximum Gasteiger partial charge on any atom is 0.199 e. The second kappa shape index (κ2) is 4.51. The fourth-order valence-electron chi connectivity index (χ4n) is 1.59. The van der Waals surface area contributed by atoms with Crippen molar-refractivity contribution in [1.29, 1.82) is 0 Å². The van der Waals surface area contributed by atoms with Crippen LogP contribution in [0.1, 0.15) is 32.1 Å². The molecule has 0 aromatic carbocycles. The van der Waals surface area contributed by atoms with Gasteiger partial charge in [-0.2, -0.15) is 0 Å². The van der Waals surface area contributed by atoms with Crippen LogP contribution in [0.2, 0.25) is 0 Å². The van der Waals surface area contributed by atoms with Crippen molar-refractivity contribution in [2.24, 2.45) is 0 Å². The molecule has 1 atom stereocenters. The highest BCUT2D eigenvalue weighted by molar-refractivity contribution is 4.91. The Balaban J connectivity index is 1.73. The summed E-state index contributed by atoms with van der Waals surface area (Å²) < 4.78 is 16.2. The first-order valence-corrected chi connectivity index (χ1v) is 5.04. The highest BCUT2D eigenvalue weighted by Gasteiger charge is 2.14. The van der Waals surface area contributed by atoms with E-state index < -0.39 is 0 Å². The Hall–Kier alpha value is -0.700. The number of ether oxygens (including phenoxy) is 3. The molecule has 0 bridgehead atoms. The number of allylic oxidation sites excluding steroid dienone is 1. The minimum absolute atomic E-state index is 0.0366. The van der Waals surface area contributed by atoms with E-state index in [0.29, 0.717) is 0 Å². The van der Waals surface area contributed by atoms with Crippen LogP contribution in [0.4, 0.5) is 0 Å². The van der Waals surface area contributed by atoms with Gasteiger partial charge >= 0.3 is 0 Å². The molecule has 0 radical (unpaired) electrons. The van der Waals surface area contributed by atoms with Gasteiger partial charge in [-0.1, -0.05) is 0 Å². The van der Waals surface area contributed by atoms with E-state index in [1.165, 1.54) is 6.42 Å². The van der Waals surface area contributed by atoms with Gasteiger partial charge in [0.15, 0.2) is 6.29 Å². The molecule has 1 unspecified atom stereocenters. The highest BCUT2D eigenvalue weighted by Crippen LogP contribution is 2.19. The third kappa shape index (κ3) is 2.62. The van der Waals surface area contributed by atoms with Crippen molar-refractivity contribution in [2.75, 3.05) is 13.2 Å². The van der Waals surface area contributed by atoms with Gasteiger partial charge in [-0.25, -0.2) is 0 Å². The number of hydrogen-bond donors (Lipinski definition) is 0. The molecule has 2 aliphatic rings. The van der Waals surface area contributed by atoms with Crippen LogP contribution in [0.3, 0.4) is 0 Å². The summed E-state index contributed by atoms with van der Waals surface area (Å²) in [5, 5.41) is 0. The third-order valence-corrected chi connectivity index (χ3v) is 2.34. The van der Waals surface area contributed by atoms with Gasteiger partial charge in [0, 0.05) is 12.8 Å². The zero-order valence-corrected chi connectivity index (χ0v) is 7.83. The smallest absolute Gasteiger partial charge is 0.199 e. The van der Waals surface area contributed by atoms with Crippen molar-refractivity contribution in [1.82, 2.24) is 0 Å². The molecule has 0 N–H and O–H groups in total. The summed E-state index contributed by atoms with van der Waals surface area (Å²) in [7, 11) is 0. The predicted octanol–water partition coefficient (Wildman–Crippen LogP) is 2.18. The van der Waals surface area contributed by atoms with Crippen LogP contribution in [0.15, 0.2) is 12.0 Å². The molecular weight excluding hydrogens is 168 g/mol. The Labute approximate surface area is 78.7 Å². The van der Waals surface area contributed by atoms with Crippen LogP contribution in [0, 0.1) is 0 Å². The van der Waals surface area contributed by atoms with Gasteiger partial charge in [0.2, 0.25) is 0 Å². The largest absolute Gasteiger partial charge is 0.495 e. The summed E-state index contributed by atoms with van der Waals surface area (Å²) in [5.41, 5.74) is 0. The van der Waals surface area contributed by atoms with E-state index in [1.54, 1.807) is 6.26 Å². The standard InChI is InChI=1S/C10H16O3/c1-2-6-12-10(5-1)13-8-9-4-3-7-11-9/h8,10H,1-7H2. The van der Waals surface area contributed by atoms with Crippen molar-refractivity contribution in [3.05, 3.63) is 12.0 Å². The first-order chi connectivity index (χ1) is 6.45. The molecule has 2 rings (SSSR count). The van der Waals surface area contributed by atoms with Crippen molar-refractivity contribution < 1.29 is 14.2 Å². The Morgan fingerprint density at radius 3 is 2.92 bits per heavy atom. The maximum atomic E-state index is 5.46. The molecule has 2 fully saturated rings. The minimum Gasteiger partial charge on any atom is -0.495 e. The number of rotatable bonds is 2. The molecule has 3 heteroatoms. The van der Waals surface area contributed by atoms with E-state index in [9.17, 15) is 0 Å². The van der Waals surface area contributed by atoms with Gasteiger partial charge in [-0.15, -0.1) is 0 Å². The number of hydrogen-bond acceptors (Lipinski definition) is 3. The molecule has 0 amide bonds. The molecule has 74 valence electrons. The van der Waals surface area contributed by atoms with Crippen LogP contribution >= 0.6 is 0 Å². The molecule has 3 nitrogen and oxygen atoms in total. The molecule has 0 aromatic rings. The van der Waals surface area contributed by atoms with E-state index in [1.807, 2.05) is 0 Å². The molecule has 2 heterocycles. The Kier molecular flexibility index (Phi) is 3.08. The lowest BCUT2D eigenvalue weighted by Gasteiger charge is -2.21. The first-order valence-electron chi connectivity index (χ1n) is 5.04. The molecule has 2 aliphatic heterocycles. The second-order valence-electron chi connectivity index (χ2n) is 3.47. The van der Waals surface area contributed by atoms with Crippen LogP contribution < -0.4 is 0 Å². The molecule has 13 heavy (non-hydrogen) atoms. The molecule has 0 spiro atoms.